The second-order valence-corrected chi connectivity index (χ2v) is 3.85. The molecule has 0 aromatic heterocycles. The number of hydrogen-bond acceptors (Lipinski definition) is 3. The second-order valence-electron chi connectivity index (χ2n) is 3.85. The molecule has 14 heavy (non-hydrogen) atoms. The van der Waals surface area contributed by atoms with E-state index in [1.54, 1.807) is 0 Å². The van der Waals surface area contributed by atoms with Gasteiger partial charge in [-0.15, -0.1) is 5.53 Å². The fourth-order valence-electron chi connectivity index (χ4n) is 1.58. The number of nitrogens with one attached hydrogen (secondary N) is 2. The number of rotatable bonds is 7. The monoisotopic (exact) mass is 197 g/mol. The molecule has 1 aliphatic heterocycles. The highest BCUT2D eigenvalue weighted by molar-refractivity contribution is 5.00. The summed E-state index contributed by atoms with van der Waals surface area (Å²) in [5, 5.41) is 2.14. The molecule has 0 saturated carbocycles. The summed E-state index contributed by atoms with van der Waals surface area (Å²) in [5.41, 5.74) is 7.56. The maximum Gasteiger partial charge on any atom is 0.0450 e. The molecule has 0 radical (unpaired) electrons. The predicted molar refractivity (Wildman–Crippen MR) is 60.1 cm³/mol. The normalized spacial score (nSPS) is 15.6. The minimum atomic E-state index is 1.07. The zero-order valence-electron chi connectivity index (χ0n) is 9.47. The second kappa shape index (κ2) is 6.71. The van der Waals surface area contributed by atoms with Crippen molar-refractivity contribution in [1.29, 1.82) is 0 Å². The number of allylic oxidation sites excluding steroid dienone is 1. The fraction of sp³-hybridized carbons (Fsp3) is 0.818. The smallest absolute Gasteiger partial charge is 0.0450 e. The molecule has 2 N–H and O–H groups in total. The third kappa shape index (κ3) is 4.01. The molecule has 0 saturated heterocycles. The van der Waals surface area contributed by atoms with Crippen molar-refractivity contribution in [1.82, 2.24) is 16.0 Å². The summed E-state index contributed by atoms with van der Waals surface area (Å²) >= 11 is 0. The summed E-state index contributed by atoms with van der Waals surface area (Å²) in [6, 6.07) is 0. The van der Waals surface area contributed by atoms with Gasteiger partial charge in [0.1, 0.15) is 0 Å². The fourth-order valence-corrected chi connectivity index (χ4v) is 1.58. The van der Waals surface area contributed by atoms with Crippen molar-refractivity contribution in [2.24, 2.45) is 0 Å². The van der Waals surface area contributed by atoms with Crippen molar-refractivity contribution in [3.63, 3.8) is 0 Å². The van der Waals surface area contributed by atoms with E-state index in [1.165, 1.54) is 37.8 Å². The van der Waals surface area contributed by atoms with E-state index < -0.39 is 0 Å². The Kier molecular flexibility index (Phi) is 5.45. The van der Waals surface area contributed by atoms with Crippen molar-refractivity contribution in [3.8, 4) is 0 Å². The zero-order chi connectivity index (χ0) is 10.2. The first-order valence-electron chi connectivity index (χ1n) is 5.85. The Morgan fingerprint density at radius 3 is 2.57 bits per heavy atom. The lowest BCUT2D eigenvalue weighted by Gasteiger charge is -2.14. The van der Waals surface area contributed by atoms with E-state index in [0.717, 1.165) is 13.0 Å². The van der Waals surface area contributed by atoms with Gasteiger partial charge in [-0.1, -0.05) is 39.5 Å². The minimum Gasteiger partial charge on any atom is -0.306 e. The van der Waals surface area contributed by atoms with Gasteiger partial charge in [0.15, 0.2) is 0 Å². The van der Waals surface area contributed by atoms with E-state index in [4.69, 9.17) is 0 Å². The molecule has 3 nitrogen and oxygen atoms in total. The topological polar surface area (TPSA) is 27.3 Å². The Morgan fingerprint density at radius 1 is 1.14 bits per heavy atom. The summed E-state index contributed by atoms with van der Waals surface area (Å²) in [7, 11) is 0. The van der Waals surface area contributed by atoms with Crippen LogP contribution in [0.4, 0.5) is 0 Å². The van der Waals surface area contributed by atoms with Crippen LogP contribution in [0.3, 0.4) is 0 Å². The lowest BCUT2D eigenvalue weighted by Crippen LogP contribution is -2.36. The molecule has 0 amide bonds. The summed E-state index contributed by atoms with van der Waals surface area (Å²) in [4.78, 5) is 0. The third-order valence-electron chi connectivity index (χ3n) is 2.56. The summed E-state index contributed by atoms with van der Waals surface area (Å²) < 4.78 is 0. The molecular weight excluding hydrogens is 174 g/mol. The minimum absolute atomic E-state index is 1.07. The Labute approximate surface area is 87.5 Å². The quantitative estimate of drug-likeness (QED) is 0.614. The van der Waals surface area contributed by atoms with E-state index >= 15 is 0 Å². The van der Waals surface area contributed by atoms with Gasteiger partial charge in [0.25, 0.3) is 0 Å². The van der Waals surface area contributed by atoms with Gasteiger partial charge in [-0.3, -0.25) is 5.01 Å². The van der Waals surface area contributed by atoms with Gasteiger partial charge >= 0.3 is 0 Å². The van der Waals surface area contributed by atoms with Crippen LogP contribution in [0.15, 0.2) is 11.9 Å². The molecule has 0 aromatic rings. The van der Waals surface area contributed by atoms with Crippen molar-refractivity contribution in [2.75, 3.05) is 6.54 Å². The van der Waals surface area contributed by atoms with Gasteiger partial charge in [0.2, 0.25) is 0 Å². The van der Waals surface area contributed by atoms with E-state index in [1.807, 2.05) is 0 Å². The first-order valence-corrected chi connectivity index (χ1v) is 5.85. The van der Waals surface area contributed by atoms with Crippen LogP contribution >= 0.6 is 0 Å². The van der Waals surface area contributed by atoms with E-state index in [-0.39, 0.29) is 0 Å². The largest absolute Gasteiger partial charge is 0.306 e. The van der Waals surface area contributed by atoms with Crippen LogP contribution in [-0.4, -0.2) is 11.6 Å². The van der Waals surface area contributed by atoms with Crippen LogP contribution in [0, 0.1) is 0 Å². The van der Waals surface area contributed by atoms with Gasteiger partial charge in [0, 0.05) is 18.4 Å². The standard InChI is InChI=1S/C11H23N3/c1-3-5-6-7-8-9-14-10-11(4-2)12-13-14/h10,12-13H,3-9H2,1-2H3. The predicted octanol–water partition coefficient (Wildman–Crippen LogP) is 2.53. The molecule has 82 valence electrons. The highest BCUT2D eigenvalue weighted by Crippen LogP contribution is 2.06. The molecule has 1 heterocycles. The van der Waals surface area contributed by atoms with E-state index in [0.29, 0.717) is 0 Å². The first-order chi connectivity index (χ1) is 6.86. The lowest BCUT2D eigenvalue weighted by molar-refractivity contribution is 0.264. The van der Waals surface area contributed by atoms with Gasteiger partial charge in [0.05, 0.1) is 0 Å². The molecule has 0 unspecified atom stereocenters. The van der Waals surface area contributed by atoms with Gasteiger partial charge in [-0.25, -0.2) is 0 Å². The molecule has 0 fully saturated rings. The summed E-state index contributed by atoms with van der Waals surface area (Å²) in [6.45, 7) is 5.52. The first kappa shape index (κ1) is 11.4. The van der Waals surface area contributed by atoms with Crippen molar-refractivity contribution in [3.05, 3.63) is 11.9 Å². The van der Waals surface area contributed by atoms with E-state index in [9.17, 15) is 0 Å². The number of nitrogens with zero attached hydrogens (tertiary/aromatic N) is 1. The van der Waals surface area contributed by atoms with Crippen LogP contribution < -0.4 is 11.0 Å². The number of hydrazine groups is 2. The maximum atomic E-state index is 3.15. The lowest BCUT2D eigenvalue weighted by atomic mass is 10.1. The van der Waals surface area contributed by atoms with Crippen LogP contribution in [0.5, 0.6) is 0 Å². The number of unbranched alkanes of at least 4 members (excludes halogenated alkanes) is 4. The Morgan fingerprint density at radius 2 is 1.93 bits per heavy atom. The summed E-state index contributed by atoms with van der Waals surface area (Å²) in [5.74, 6) is 0. The van der Waals surface area contributed by atoms with Gasteiger partial charge in [-0.05, 0) is 12.8 Å². The van der Waals surface area contributed by atoms with Crippen LogP contribution in [0.2, 0.25) is 0 Å². The van der Waals surface area contributed by atoms with Crippen LogP contribution in [-0.2, 0) is 0 Å². The van der Waals surface area contributed by atoms with Crippen LogP contribution in [0.1, 0.15) is 52.4 Å². The number of hydrogen-bond donors (Lipinski definition) is 2. The van der Waals surface area contributed by atoms with Gasteiger partial charge < -0.3 is 5.43 Å². The molecule has 0 spiro atoms. The van der Waals surface area contributed by atoms with Crippen molar-refractivity contribution in [2.45, 2.75) is 52.4 Å². The molecule has 1 aliphatic rings. The van der Waals surface area contributed by atoms with E-state index in [2.05, 4.69) is 36.0 Å². The zero-order valence-corrected chi connectivity index (χ0v) is 9.47. The molecule has 1 rings (SSSR count). The highest BCUT2D eigenvalue weighted by Gasteiger charge is 2.07. The molecule has 0 bridgehead atoms. The van der Waals surface area contributed by atoms with Crippen LogP contribution in [0.25, 0.3) is 0 Å². The summed E-state index contributed by atoms with van der Waals surface area (Å²) in [6.07, 6.45) is 9.94. The van der Waals surface area contributed by atoms with Gasteiger partial charge in [-0.2, -0.15) is 0 Å². The highest BCUT2D eigenvalue weighted by atomic mass is 15.7. The Bertz CT molecular complexity index is 177. The SMILES string of the molecule is CCCCCCCN1C=C(CC)NN1. The van der Waals surface area contributed by atoms with Crippen molar-refractivity contribution >= 4 is 0 Å². The molecule has 0 atom stereocenters. The average Bonchev–Trinajstić information content (AvgIpc) is 2.65. The Balaban J connectivity index is 2.00. The Hall–Kier alpha value is -0.700. The van der Waals surface area contributed by atoms with Crippen molar-refractivity contribution < 1.29 is 0 Å². The molecule has 0 aromatic carbocycles. The average molecular weight is 197 g/mol. The molecule has 0 aliphatic carbocycles. The third-order valence-corrected chi connectivity index (χ3v) is 2.56. The maximum absolute atomic E-state index is 3.15. The molecule has 3 heteroatoms. The molecular formula is C11H23N3.